The predicted octanol–water partition coefficient (Wildman–Crippen LogP) is 3.97. The fraction of sp³-hybridized carbons (Fsp3) is 0.323. The van der Waals surface area contributed by atoms with Crippen LogP contribution in [0.4, 0.5) is 0 Å². The highest BCUT2D eigenvalue weighted by atomic mass is 16.3. The van der Waals surface area contributed by atoms with Gasteiger partial charge in [-0.15, -0.1) is 0 Å². The van der Waals surface area contributed by atoms with Crippen LogP contribution in [-0.4, -0.2) is 66.1 Å². The number of aliphatic hydroxyl groups excluding tert-OH is 1. The fourth-order valence-corrected chi connectivity index (χ4v) is 5.39. The molecular weight excluding hydrogens is 464 g/mol. The van der Waals surface area contributed by atoms with Crippen LogP contribution in [0.15, 0.2) is 78.9 Å². The Balaban J connectivity index is 1.86. The van der Waals surface area contributed by atoms with Gasteiger partial charge < -0.3 is 10.0 Å². The molecule has 37 heavy (non-hydrogen) atoms. The molecule has 1 aliphatic rings. The number of nitrogens with zero attached hydrogens (tertiary/aromatic N) is 2. The van der Waals surface area contributed by atoms with Crippen LogP contribution in [0, 0.1) is 18.8 Å². The SMILES string of the molecule is Cc1c(CO)cccc1C1C(C(=O)c2ccccc2)CN(CC(=O)N(C)C)CC1C(=O)c1ccccc1. The number of ketones is 2. The molecule has 4 rings (SSSR count). The second kappa shape index (κ2) is 11.6. The number of rotatable bonds is 8. The first-order valence-corrected chi connectivity index (χ1v) is 12.6. The highest BCUT2D eigenvalue weighted by Crippen LogP contribution is 2.42. The molecule has 2 atom stereocenters. The zero-order valence-corrected chi connectivity index (χ0v) is 21.6. The van der Waals surface area contributed by atoms with Crippen LogP contribution < -0.4 is 0 Å². The van der Waals surface area contributed by atoms with Gasteiger partial charge in [-0.2, -0.15) is 0 Å². The van der Waals surface area contributed by atoms with Crippen LogP contribution >= 0.6 is 0 Å². The van der Waals surface area contributed by atoms with Crippen LogP contribution in [-0.2, 0) is 11.4 Å². The molecule has 0 spiro atoms. The normalized spacial score (nSPS) is 19.8. The van der Waals surface area contributed by atoms with Gasteiger partial charge in [0.25, 0.3) is 0 Å². The van der Waals surface area contributed by atoms with Gasteiger partial charge in [0, 0.05) is 56.1 Å². The van der Waals surface area contributed by atoms with Gasteiger partial charge in [0.05, 0.1) is 13.2 Å². The Kier molecular flexibility index (Phi) is 8.31. The molecule has 192 valence electrons. The van der Waals surface area contributed by atoms with Crippen molar-refractivity contribution in [1.82, 2.24) is 9.80 Å². The maximum Gasteiger partial charge on any atom is 0.236 e. The Morgan fingerprint density at radius 2 is 1.32 bits per heavy atom. The Hall–Kier alpha value is -3.61. The summed E-state index contributed by atoms with van der Waals surface area (Å²) in [6, 6.07) is 24.0. The highest BCUT2D eigenvalue weighted by molar-refractivity contribution is 6.02. The summed E-state index contributed by atoms with van der Waals surface area (Å²) in [6.45, 7) is 2.67. The first-order chi connectivity index (χ1) is 17.8. The summed E-state index contributed by atoms with van der Waals surface area (Å²) in [5.41, 5.74) is 3.73. The summed E-state index contributed by atoms with van der Waals surface area (Å²) in [6.07, 6.45) is 0. The maximum atomic E-state index is 14.0. The van der Waals surface area contributed by atoms with Crippen molar-refractivity contribution in [3.05, 3.63) is 107 Å². The van der Waals surface area contributed by atoms with Crippen molar-refractivity contribution in [2.24, 2.45) is 11.8 Å². The number of carbonyl (C=O) groups excluding carboxylic acids is 3. The molecule has 0 aromatic heterocycles. The minimum absolute atomic E-state index is 0.0488. The monoisotopic (exact) mass is 498 g/mol. The molecule has 0 aliphatic carbocycles. The lowest BCUT2D eigenvalue weighted by atomic mass is 9.67. The van der Waals surface area contributed by atoms with Crippen molar-refractivity contribution in [1.29, 1.82) is 0 Å². The second-order valence-corrected chi connectivity index (χ2v) is 9.97. The minimum atomic E-state index is -0.545. The van der Waals surface area contributed by atoms with Gasteiger partial charge in [0.1, 0.15) is 0 Å². The standard InChI is InChI=1S/C31H34N2O4/c1-21-24(20-34)15-10-16-25(21)29-26(30(36)22-11-6-4-7-12-22)17-33(19-28(35)32(2)3)18-27(29)31(37)23-13-8-5-9-14-23/h4-16,26-27,29,34H,17-20H2,1-3H3. The van der Waals surface area contributed by atoms with Gasteiger partial charge in [-0.05, 0) is 23.6 Å². The molecule has 0 saturated carbocycles. The largest absolute Gasteiger partial charge is 0.392 e. The third-order valence-electron chi connectivity index (χ3n) is 7.44. The lowest BCUT2D eigenvalue weighted by Crippen LogP contribution is -2.52. The van der Waals surface area contributed by atoms with E-state index in [-0.39, 0.29) is 30.6 Å². The van der Waals surface area contributed by atoms with Gasteiger partial charge in [-0.1, -0.05) is 78.9 Å². The number of likely N-dealkylation sites (N-methyl/N-ethyl adjacent to an activating group) is 1. The van der Waals surface area contributed by atoms with Crippen molar-refractivity contribution < 1.29 is 19.5 Å². The third-order valence-corrected chi connectivity index (χ3v) is 7.44. The van der Waals surface area contributed by atoms with Gasteiger partial charge >= 0.3 is 0 Å². The molecule has 6 heteroatoms. The van der Waals surface area contributed by atoms with Crippen LogP contribution in [0.25, 0.3) is 0 Å². The van der Waals surface area contributed by atoms with E-state index in [4.69, 9.17) is 0 Å². The summed E-state index contributed by atoms with van der Waals surface area (Å²) in [5, 5.41) is 9.96. The molecule has 2 unspecified atom stereocenters. The van der Waals surface area contributed by atoms with E-state index >= 15 is 0 Å². The third kappa shape index (κ3) is 5.71. The molecular formula is C31H34N2O4. The van der Waals surface area contributed by atoms with Crippen molar-refractivity contribution >= 4 is 17.5 Å². The summed E-state index contributed by atoms with van der Waals surface area (Å²) in [4.78, 5) is 44.2. The molecule has 0 radical (unpaired) electrons. The molecule has 1 fully saturated rings. The van der Waals surface area contributed by atoms with Crippen LogP contribution in [0.2, 0.25) is 0 Å². The average molecular weight is 499 g/mol. The summed E-state index contributed by atoms with van der Waals surface area (Å²) in [5.74, 6) is -1.67. The molecule has 6 nitrogen and oxygen atoms in total. The number of likely N-dealkylation sites (tertiary alicyclic amines) is 1. The van der Waals surface area contributed by atoms with Gasteiger partial charge in [0.15, 0.2) is 11.6 Å². The molecule has 1 heterocycles. The van der Waals surface area contributed by atoms with E-state index in [9.17, 15) is 19.5 Å². The van der Waals surface area contributed by atoms with Gasteiger partial charge in [-0.3, -0.25) is 19.3 Å². The van der Waals surface area contributed by atoms with E-state index in [1.807, 2.05) is 66.4 Å². The smallest absolute Gasteiger partial charge is 0.236 e. The maximum absolute atomic E-state index is 14.0. The molecule has 1 aliphatic heterocycles. The summed E-state index contributed by atoms with van der Waals surface area (Å²) >= 11 is 0. The zero-order chi connectivity index (χ0) is 26.5. The van der Waals surface area contributed by atoms with E-state index in [0.717, 1.165) is 16.7 Å². The highest BCUT2D eigenvalue weighted by Gasteiger charge is 2.45. The number of hydrogen-bond acceptors (Lipinski definition) is 5. The van der Waals surface area contributed by atoms with E-state index in [0.29, 0.717) is 24.2 Å². The minimum Gasteiger partial charge on any atom is -0.392 e. The first kappa shape index (κ1) is 26.5. The van der Waals surface area contributed by atoms with Crippen molar-refractivity contribution in [3.63, 3.8) is 0 Å². The topological polar surface area (TPSA) is 77.9 Å². The van der Waals surface area contributed by atoms with E-state index < -0.39 is 17.8 Å². The Bertz CT molecular complexity index is 1200. The fourth-order valence-electron chi connectivity index (χ4n) is 5.39. The number of hydrogen-bond donors (Lipinski definition) is 1. The van der Waals surface area contributed by atoms with E-state index in [1.54, 1.807) is 38.4 Å². The number of piperidine rings is 1. The van der Waals surface area contributed by atoms with Crippen molar-refractivity contribution in [2.45, 2.75) is 19.4 Å². The van der Waals surface area contributed by atoms with Gasteiger partial charge in [-0.25, -0.2) is 0 Å². The lowest BCUT2D eigenvalue weighted by Gasteiger charge is -2.43. The number of carbonyl (C=O) groups is 3. The lowest BCUT2D eigenvalue weighted by molar-refractivity contribution is -0.130. The van der Waals surface area contributed by atoms with Crippen molar-refractivity contribution in [2.75, 3.05) is 33.7 Å². The van der Waals surface area contributed by atoms with E-state index in [1.165, 1.54) is 4.90 Å². The Labute approximate surface area is 218 Å². The summed E-state index contributed by atoms with van der Waals surface area (Å²) in [7, 11) is 3.41. The van der Waals surface area contributed by atoms with E-state index in [2.05, 4.69) is 0 Å². The van der Waals surface area contributed by atoms with Crippen molar-refractivity contribution in [3.8, 4) is 0 Å². The van der Waals surface area contributed by atoms with Crippen LogP contribution in [0.3, 0.4) is 0 Å². The second-order valence-electron chi connectivity index (χ2n) is 9.97. The van der Waals surface area contributed by atoms with Gasteiger partial charge in [0.2, 0.25) is 5.91 Å². The molecule has 1 amide bonds. The predicted molar refractivity (Wildman–Crippen MR) is 144 cm³/mol. The Morgan fingerprint density at radius 1 is 0.811 bits per heavy atom. The number of Topliss-reactive ketones (excluding diaryl/α,β-unsaturated/α-hetero) is 2. The average Bonchev–Trinajstić information content (AvgIpc) is 2.93. The Morgan fingerprint density at radius 3 is 1.78 bits per heavy atom. The molecule has 3 aromatic rings. The zero-order valence-electron chi connectivity index (χ0n) is 21.6. The van der Waals surface area contributed by atoms with Crippen LogP contribution in [0.5, 0.6) is 0 Å². The number of aliphatic hydroxyl groups is 1. The molecule has 3 aromatic carbocycles. The number of amides is 1. The molecule has 1 saturated heterocycles. The van der Waals surface area contributed by atoms with Crippen LogP contribution in [0.1, 0.15) is 43.3 Å². The quantitative estimate of drug-likeness (QED) is 0.476. The molecule has 1 N–H and O–H groups in total. The summed E-state index contributed by atoms with van der Waals surface area (Å²) < 4.78 is 0. The first-order valence-electron chi connectivity index (χ1n) is 12.6. The molecule has 0 bridgehead atoms. The number of benzene rings is 3.